The van der Waals surface area contributed by atoms with Crippen molar-refractivity contribution in [3.8, 4) is 31.5 Å². The van der Waals surface area contributed by atoms with E-state index in [0.717, 1.165) is 42.3 Å². The fourth-order valence-corrected chi connectivity index (χ4v) is 8.94. The van der Waals surface area contributed by atoms with E-state index in [1.54, 1.807) is 0 Å². The molecule has 3 aromatic carbocycles. The van der Waals surface area contributed by atoms with Gasteiger partial charge >= 0.3 is 0 Å². The Morgan fingerprint density at radius 3 is 2.00 bits per heavy atom. The van der Waals surface area contributed by atoms with Crippen LogP contribution in [0.15, 0.2) is 96.9 Å². The van der Waals surface area contributed by atoms with Crippen molar-refractivity contribution in [3.05, 3.63) is 114 Å². The van der Waals surface area contributed by atoms with Gasteiger partial charge in [0.15, 0.2) is 5.78 Å². The zero-order chi connectivity index (χ0) is 37.8. The molecule has 3 heterocycles. The van der Waals surface area contributed by atoms with Crippen LogP contribution in [0.5, 0.6) is 0 Å². The molecule has 6 rings (SSSR count). The van der Waals surface area contributed by atoms with Crippen molar-refractivity contribution >= 4 is 49.3 Å². The Morgan fingerprint density at radius 1 is 0.774 bits per heavy atom. The quantitative estimate of drug-likeness (QED) is 0.0846. The molecule has 6 heteroatoms. The first kappa shape index (κ1) is 42.3. The number of thiophene rings is 2. The van der Waals surface area contributed by atoms with Gasteiger partial charge in [0.05, 0.1) is 0 Å². The Kier molecular flexibility index (Phi) is 13.9. The van der Waals surface area contributed by atoms with Crippen LogP contribution in [0.4, 0.5) is 0 Å². The van der Waals surface area contributed by atoms with Gasteiger partial charge in [0.25, 0.3) is 0 Å². The number of aliphatic hydroxyl groups excluding tert-OH is 1. The van der Waals surface area contributed by atoms with Gasteiger partial charge in [-0.2, -0.15) is 0 Å². The van der Waals surface area contributed by atoms with E-state index in [4.69, 9.17) is 4.98 Å². The molecule has 1 N–H and O–H groups in total. The Morgan fingerprint density at radius 2 is 1.38 bits per heavy atom. The van der Waals surface area contributed by atoms with Gasteiger partial charge in [0.2, 0.25) is 0 Å². The number of allylic oxidation sites excluding steroid dienone is 2. The molecule has 0 aliphatic heterocycles. The minimum atomic E-state index is -0.337. The standard InChI is InChI=1S/C32H26NS2.C15H28O2.Ir/c1-20-24-16-17-33-29(23-18-22-12-8-9-13-25(22)26(19-23)32(2,3)4)31(24)35-30(20)28-15-14-27(34-28)21-10-6-5-7-11-21;1-7-14(5,8-2)12(16)11-13(17)15(6,9-3)10-4;/h5-17,19H,1-4H3;11,16H,7-10H2,1-6H3;/q-1;;/b;12-11-;. The number of ketones is 1. The second kappa shape index (κ2) is 17.4. The zero-order valence-corrected chi connectivity index (χ0v) is 37.0. The number of pyridine rings is 1. The number of nitrogens with zero attached hydrogens (tertiary/aromatic N) is 1. The Bertz CT molecular complexity index is 2190. The molecule has 3 nitrogen and oxygen atoms in total. The molecule has 0 saturated heterocycles. The number of hydrogen-bond acceptors (Lipinski definition) is 5. The van der Waals surface area contributed by atoms with Crippen LogP contribution in [-0.4, -0.2) is 15.9 Å². The van der Waals surface area contributed by atoms with Crippen molar-refractivity contribution in [2.45, 2.75) is 100 Å². The molecule has 281 valence electrons. The molecule has 0 aliphatic rings. The number of aliphatic hydroxyl groups is 1. The first-order valence-electron chi connectivity index (χ1n) is 18.6. The molecule has 0 spiro atoms. The van der Waals surface area contributed by atoms with Gasteiger partial charge in [-0.05, 0) is 72.7 Å². The number of carbonyl (C=O) groups is 1. The van der Waals surface area contributed by atoms with Crippen molar-refractivity contribution in [1.29, 1.82) is 0 Å². The van der Waals surface area contributed by atoms with E-state index >= 15 is 0 Å². The minimum absolute atomic E-state index is 0. The summed E-state index contributed by atoms with van der Waals surface area (Å²) in [6, 6.07) is 31.9. The maximum absolute atomic E-state index is 12.2. The van der Waals surface area contributed by atoms with Crippen LogP contribution in [0.1, 0.15) is 99.1 Å². The summed E-state index contributed by atoms with van der Waals surface area (Å²) in [5.41, 5.74) is 5.45. The minimum Gasteiger partial charge on any atom is -0.512 e. The molecule has 0 amide bonds. The molecular weight excluding hydrogens is 867 g/mol. The molecule has 6 aromatic rings. The van der Waals surface area contributed by atoms with E-state index in [2.05, 4.69) is 113 Å². The average molecular weight is 921 g/mol. The van der Waals surface area contributed by atoms with E-state index in [-0.39, 0.29) is 47.9 Å². The number of benzene rings is 3. The molecule has 3 aromatic heterocycles. The van der Waals surface area contributed by atoms with Crippen LogP contribution >= 0.6 is 22.7 Å². The second-order valence-electron chi connectivity index (χ2n) is 15.4. The summed E-state index contributed by atoms with van der Waals surface area (Å²) in [6.07, 6.45) is 6.70. The zero-order valence-electron chi connectivity index (χ0n) is 32.9. The molecule has 0 atom stereocenters. The van der Waals surface area contributed by atoms with Gasteiger partial charge < -0.3 is 5.11 Å². The normalized spacial score (nSPS) is 12.4. The molecule has 53 heavy (non-hydrogen) atoms. The first-order valence-corrected chi connectivity index (χ1v) is 20.3. The van der Waals surface area contributed by atoms with E-state index < -0.39 is 0 Å². The monoisotopic (exact) mass is 921 g/mol. The molecular formula is C47H54IrNO2S2-. The SMILES string of the molecule is CCC(C)(CC)C(=O)/C=C(\O)C(C)(CC)CC.Cc1c(-c2ccc(-c3ccccc3)s2)sc2c(-c3[c-]c4ccccc4c(C(C)(C)C)c3)nccc12.[Ir]. The average Bonchev–Trinajstić information content (AvgIpc) is 3.78. The van der Waals surface area contributed by atoms with Gasteiger partial charge in [-0.15, -0.1) is 51.8 Å². The number of fused-ring (bicyclic) bond motifs is 2. The fourth-order valence-electron chi connectivity index (χ4n) is 6.45. The Hall–Kier alpha value is -3.41. The Balaban J connectivity index is 0.000000299. The molecule has 0 unspecified atom stereocenters. The van der Waals surface area contributed by atoms with Gasteiger partial charge in [-0.1, -0.05) is 122 Å². The topological polar surface area (TPSA) is 50.2 Å². The number of aromatic nitrogens is 1. The second-order valence-corrected chi connectivity index (χ2v) is 17.5. The summed E-state index contributed by atoms with van der Waals surface area (Å²) in [7, 11) is 0. The van der Waals surface area contributed by atoms with Crippen LogP contribution in [-0.2, 0) is 30.3 Å². The third-order valence-electron chi connectivity index (χ3n) is 11.2. The predicted octanol–water partition coefficient (Wildman–Crippen LogP) is 14.6. The molecule has 0 bridgehead atoms. The summed E-state index contributed by atoms with van der Waals surface area (Å²) in [4.78, 5) is 21.0. The molecule has 0 fully saturated rings. The van der Waals surface area contributed by atoms with Crippen molar-refractivity contribution in [2.24, 2.45) is 10.8 Å². The number of rotatable bonds is 10. The van der Waals surface area contributed by atoms with Crippen molar-refractivity contribution in [2.75, 3.05) is 0 Å². The maximum atomic E-state index is 12.2. The van der Waals surface area contributed by atoms with Crippen molar-refractivity contribution < 1.29 is 30.0 Å². The summed E-state index contributed by atoms with van der Waals surface area (Å²) >= 11 is 3.71. The largest absolute Gasteiger partial charge is 0.512 e. The summed E-state index contributed by atoms with van der Waals surface area (Å²) in [5, 5.41) is 13.8. The van der Waals surface area contributed by atoms with Gasteiger partial charge in [0, 0.05) is 68.2 Å². The van der Waals surface area contributed by atoms with Crippen molar-refractivity contribution in [1.82, 2.24) is 4.98 Å². The van der Waals surface area contributed by atoms with E-state index in [1.807, 2.05) is 70.4 Å². The number of aryl methyl sites for hydroxylation is 1. The fraction of sp³-hybridized carbons (Fsp3) is 0.362. The number of carbonyl (C=O) groups excluding carboxylic acids is 1. The summed E-state index contributed by atoms with van der Waals surface area (Å²) in [5.74, 6) is 0.286. The van der Waals surface area contributed by atoms with E-state index in [1.165, 1.54) is 52.9 Å². The van der Waals surface area contributed by atoms with Crippen LogP contribution in [0.3, 0.4) is 0 Å². The van der Waals surface area contributed by atoms with Crippen LogP contribution in [0.2, 0.25) is 0 Å². The predicted molar refractivity (Wildman–Crippen MR) is 227 cm³/mol. The molecule has 0 aliphatic carbocycles. The van der Waals surface area contributed by atoms with Gasteiger partial charge in [0.1, 0.15) is 5.76 Å². The summed E-state index contributed by atoms with van der Waals surface area (Å²) < 4.78 is 1.24. The summed E-state index contributed by atoms with van der Waals surface area (Å²) in [6.45, 7) is 21.2. The third-order valence-corrected chi connectivity index (χ3v) is 13.8. The number of hydrogen-bond donors (Lipinski definition) is 1. The van der Waals surface area contributed by atoms with E-state index in [0.29, 0.717) is 0 Å². The van der Waals surface area contributed by atoms with Crippen LogP contribution in [0.25, 0.3) is 52.3 Å². The molecule has 1 radical (unpaired) electrons. The molecule has 0 saturated carbocycles. The van der Waals surface area contributed by atoms with Crippen LogP contribution < -0.4 is 0 Å². The van der Waals surface area contributed by atoms with Crippen LogP contribution in [0, 0.1) is 23.8 Å². The smallest absolute Gasteiger partial charge is 0.164 e. The Labute approximate surface area is 339 Å². The van der Waals surface area contributed by atoms with Gasteiger partial charge in [-0.25, -0.2) is 0 Å². The van der Waals surface area contributed by atoms with Crippen molar-refractivity contribution in [3.63, 3.8) is 0 Å². The first-order chi connectivity index (χ1) is 24.7. The van der Waals surface area contributed by atoms with Gasteiger partial charge in [-0.3, -0.25) is 9.78 Å². The van der Waals surface area contributed by atoms with E-state index in [9.17, 15) is 9.90 Å². The third kappa shape index (κ3) is 8.94. The maximum Gasteiger partial charge on any atom is 0.164 e.